The second-order valence-corrected chi connectivity index (χ2v) is 5.75. The van der Waals surface area contributed by atoms with Gasteiger partial charge in [0, 0.05) is 5.56 Å². The first kappa shape index (κ1) is 15.9. The van der Waals surface area contributed by atoms with Crippen molar-refractivity contribution in [2.45, 2.75) is 13.8 Å². The molecule has 0 radical (unpaired) electrons. The molecular formula is C19H19NO4. The van der Waals surface area contributed by atoms with E-state index in [1.165, 1.54) is 7.11 Å². The zero-order chi connectivity index (χ0) is 17.4. The molecule has 0 spiro atoms. The number of aromatic amines is 1. The van der Waals surface area contributed by atoms with Crippen LogP contribution in [-0.2, 0) is 0 Å². The van der Waals surface area contributed by atoms with Gasteiger partial charge in [0.1, 0.15) is 0 Å². The summed E-state index contributed by atoms with van der Waals surface area (Å²) in [5, 5.41) is 10.9. The number of hydrogen-bond donors (Lipinski definition) is 2. The van der Waals surface area contributed by atoms with Crippen LogP contribution < -0.4 is 14.9 Å². The van der Waals surface area contributed by atoms with E-state index >= 15 is 0 Å². The quantitative estimate of drug-likeness (QED) is 0.773. The van der Waals surface area contributed by atoms with Gasteiger partial charge in [-0.05, 0) is 49.2 Å². The van der Waals surface area contributed by atoms with Crippen LogP contribution in [0.5, 0.6) is 17.2 Å². The molecule has 1 heterocycles. The summed E-state index contributed by atoms with van der Waals surface area (Å²) < 4.78 is 10.5. The van der Waals surface area contributed by atoms with Gasteiger partial charge < -0.3 is 19.6 Å². The van der Waals surface area contributed by atoms with Gasteiger partial charge in [0.05, 0.1) is 30.8 Å². The van der Waals surface area contributed by atoms with E-state index in [1.54, 1.807) is 25.3 Å². The van der Waals surface area contributed by atoms with Crippen molar-refractivity contribution < 1.29 is 14.6 Å². The van der Waals surface area contributed by atoms with Crippen molar-refractivity contribution in [3.05, 3.63) is 51.7 Å². The average molecular weight is 325 g/mol. The van der Waals surface area contributed by atoms with Crippen molar-refractivity contribution in [1.82, 2.24) is 4.98 Å². The number of fused-ring (bicyclic) bond motifs is 1. The minimum absolute atomic E-state index is 0.304. The first-order chi connectivity index (χ1) is 11.5. The van der Waals surface area contributed by atoms with Gasteiger partial charge in [0.25, 0.3) is 0 Å². The van der Waals surface area contributed by atoms with Crippen molar-refractivity contribution in [2.75, 3.05) is 14.2 Å². The number of benzene rings is 2. The smallest absolute Gasteiger partial charge is 0.231 e. The number of ether oxygens (including phenoxy) is 2. The zero-order valence-corrected chi connectivity index (χ0v) is 14.1. The zero-order valence-electron chi connectivity index (χ0n) is 14.1. The lowest BCUT2D eigenvalue weighted by Crippen LogP contribution is -2.07. The fraction of sp³-hybridized carbons (Fsp3) is 0.211. The second kappa shape index (κ2) is 5.92. The number of aromatic nitrogens is 1. The maximum atomic E-state index is 12.6. The molecule has 0 aliphatic carbocycles. The monoisotopic (exact) mass is 325 g/mol. The SMILES string of the molecule is COc1ccc(-c2[nH]c3cc(C)cc(C)c3c(=O)c2O)cc1OC. The van der Waals surface area contributed by atoms with Gasteiger partial charge in [0.15, 0.2) is 17.2 Å². The third-order valence-corrected chi connectivity index (χ3v) is 4.09. The van der Waals surface area contributed by atoms with Crippen molar-refractivity contribution >= 4 is 10.9 Å². The first-order valence-corrected chi connectivity index (χ1v) is 7.55. The van der Waals surface area contributed by atoms with E-state index in [-0.39, 0.29) is 11.2 Å². The van der Waals surface area contributed by atoms with Gasteiger partial charge >= 0.3 is 0 Å². The molecule has 3 aromatic rings. The van der Waals surface area contributed by atoms with Crippen LogP contribution in [-0.4, -0.2) is 24.3 Å². The molecule has 0 saturated heterocycles. The predicted molar refractivity (Wildman–Crippen MR) is 94.2 cm³/mol. The first-order valence-electron chi connectivity index (χ1n) is 7.55. The lowest BCUT2D eigenvalue weighted by atomic mass is 10.0. The van der Waals surface area contributed by atoms with Crippen LogP contribution in [0.2, 0.25) is 0 Å². The lowest BCUT2D eigenvalue weighted by molar-refractivity contribution is 0.355. The third-order valence-electron chi connectivity index (χ3n) is 4.09. The standard InChI is InChI=1S/C19H19NO4/c1-10-7-11(2)16-13(8-10)20-17(19(22)18(16)21)12-5-6-14(23-3)15(9-12)24-4/h5-9,22H,1-4H3,(H,20,21). The minimum atomic E-state index is -0.383. The van der Waals surface area contributed by atoms with Crippen LogP contribution in [0.1, 0.15) is 11.1 Å². The van der Waals surface area contributed by atoms with Crippen LogP contribution in [0.25, 0.3) is 22.2 Å². The Kier molecular flexibility index (Phi) is 3.93. The van der Waals surface area contributed by atoms with Gasteiger partial charge in [-0.25, -0.2) is 0 Å². The molecule has 124 valence electrons. The summed E-state index contributed by atoms with van der Waals surface area (Å²) in [6, 6.07) is 9.04. The molecule has 5 heteroatoms. The molecule has 0 atom stereocenters. The highest BCUT2D eigenvalue weighted by Gasteiger charge is 2.16. The molecular weight excluding hydrogens is 306 g/mol. The highest BCUT2D eigenvalue weighted by molar-refractivity contribution is 5.88. The number of aryl methyl sites for hydroxylation is 2. The molecule has 1 aromatic heterocycles. The Hall–Kier alpha value is -2.95. The normalized spacial score (nSPS) is 10.8. The molecule has 24 heavy (non-hydrogen) atoms. The molecule has 0 fully saturated rings. The van der Waals surface area contributed by atoms with E-state index in [0.29, 0.717) is 33.7 Å². The summed E-state index contributed by atoms with van der Waals surface area (Å²) in [7, 11) is 3.09. The van der Waals surface area contributed by atoms with Gasteiger partial charge in [-0.15, -0.1) is 0 Å². The third kappa shape index (κ3) is 2.48. The summed E-state index contributed by atoms with van der Waals surface area (Å²) in [5.41, 5.74) is 3.19. The van der Waals surface area contributed by atoms with E-state index < -0.39 is 0 Å². The van der Waals surface area contributed by atoms with E-state index in [0.717, 1.165) is 11.1 Å². The van der Waals surface area contributed by atoms with Crippen LogP contribution in [0.4, 0.5) is 0 Å². The molecule has 5 nitrogen and oxygen atoms in total. The Balaban J connectivity index is 2.31. The Morgan fingerprint density at radius 2 is 1.71 bits per heavy atom. The number of methoxy groups -OCH3 is 2. The van der Waals surface area contributed by atoms with Gasteiger partial charge in [-0.2, -0.15) is 0 Å². The summed E-state index contributed by atoms with van der Waals surface area (Å²) >= 11 is 0. The molecule has 3 rings (SSSR count). The Morgan fingerprint density at radius 1 is 1.00 bits per heavy atom. The molecule has 0 unspecified atom stereocenters. The molecule has 2 N–H and O–H groups in total. The van der Waals surface area contributed by atoms with Gasteiger partial charge in [-0.3, -0.25) is 4.79 Å². The number of H-pyrrole nitrogens is 1. The second-order valence-electron chi connectivity index (χ2n) is 5.75. The summed E-state index contributed by atoms with van der Waals surface area (Å²) in [5.74, 6) is 0.799. The fourth-order valence-electron chi connectivity index (χ4n) is 2.99. The maximum Gasteiger partial charge on any atom is 0.231 e. The highest BCUT2D eigenvalue weighted by Crippen LogP contribution is 2.35. The largest absolute Gasteiger partial charge is 0.503 e. The highest BCUT2D eigenvalue weighted by atomic mass is 16.5. The molecule has 0 aliphatic heterocycles. The van der Waals surface area contributed by atoms with Gasteiger partial charge in [0.2, 0.25) is 5.43 Å². The molecule has 2 aromatic carbocycles. The maximum absolute atomic E-state index is 12.6. The Labute approximate surface area is 139 Å². The van der Waals surface area contributed by atoms with Crippen LogP contribution >= 0.6 is 0 Å². The van der Waals surface area contributed by atoms with E-state index in [4.69, 9.17) is 9.47 Å². The van der Waals surface area contributed by atoms with Crippen LogP contribution in [0.3, 0.4) is 0 Å². The van der Waals surface area contributed by atoms with Crippen LogP contribution in [0.15, 0.2) is 35.1 Å². The van der Waals surface area contributed by atoms with Crippen molar-refractivity contribution in [3.63, 3.8) is 0 Å². The fourth-order valence-corrected chi connectivity index (χ4v) is 2.99. The summed E-state index contributed by atoms with van der Waals surface area (Å²) in [6.07, 6.45) is 0. The average Bonchev–Trinajstić information content (AvgIpc) is 2.56. The number of pyridine rings is 1. The summed E-state index contributed by atoms with van der Waals surface area (Å²) in [6.45, 7) is 3.83. The lowest BCUT2D eigenvalue weighted by Gasteiger charge is -2.12. The van der Waals surface area contributed by atoms with E-state index in [2.05, 4.69) is 4.98 Å². The minimum Gasteiger partial charge on any atom is -0.503 e. The van der Waals surface area contributed by atoms with Crippen LogP contribution in [0, 0.1) is 13.8 Å². The number of hydrogen-bond acceptors (Lipinski definition) is 4. The van der Waals surface area contributed by atoms with Crippen molar-refractivity contribution in [1.29, 1.82) is 0 Å². The topological polar surface area (TPSA) is 71.6 Å². The van der Waals surface area contributed by atoms with Crippen molar-refractivity contribution in [2.24, 2.45) is 0 Å². The molecule has 0 aliphatic rings. The number of nitrogens with one attached hydrogen (secondary N) is 1. The Bertz CT molecular complexity index is 989. The van der Waals surface area contributed by atoms with E-state index in [1.807, 2.05) is 26.0 Å². The summed E-state index contributed by atoms with van der Waals surface area (Å²) in [4.78, 5) is 15.8. The molecule has 0 saturated carbocycles. The molecule has 0 bridgehead atoms. The van der Waals surface area contributed by atoms with Gasteiger partial charge in [-0.1, -0.05) is 6.07 Å². The molecule has 0 amide bonds. The van der Waals surface area contributed by atoms with E-state index in [9.17, 15) is 9.90 Å². The predicted octanol–water partition coefficient (Wildman–Crippen LogP) is 3.53. The van der Waals surface area contributed by atoms with Crippen molar-refractivity contribution in [3.8, 4) is 28.5 Å². The number of rotatable bonds is 3. The number of aromatic hydroxyl groups is 1. The Morgan fingerprint density at radius 3 is 2.38 bits per heavy atom.